The Labute approximate surface area is 209 Å². The fourth-order valence-corrected chi connectivity index (χ4v) is 6.00. The second kappa shape index (κ2) is 10.0. The maximum Gasteiger partial charge on any atom is 0.341 e. The number of hydrogen-bond donors (Lipinski definition) is 1. The third-order valence-corrected chi connectivity index (χ3v) is 7.58. The average molecular weight is 485 g/mol. The first kappa shape index (κ1) is 23.2. The lowest BCUT2D eigenvalue weighted by Gasteiger charge is -2.12. The van der Waals surface area contributed by atoms with E-state index >= 15 is 0 Å². The highest BCUT2D eigenvalue weighted by Gasteiger charge is 2.29. The number of carbonyl (C=O) groups excluding carboxylic acids is 2. The fourth-order valence-electron chi connectivity index (χ4n) is 4.72. The van der Waals surface area contributed by atoms with Crippen LogP contribution in [0.25, 0.3) is 22.2 Å². The van der Waals surface area contributed by atoms with Crippen LogP contribution in [0, 0.1) is 0 Å². The smallest absolute Gasteiger partial charge is 0.341 e. The largest absolute Gasteiger partial charge is 0.462 e. The number of nitrogens with zero attached hydrogens (tertiary/aromatic N) is 1. The molecule has 2 aromatic carbocycles. The standard InChI is InChI=1S/C29H28N2O3S/c1-3-8-18-13-15-19(16-14-18)24-17-22(20-9-5-6-11-23(20)30-24)27(32)31-28-26(29(33)34-4-2)21-10-7-12-25(21)35-28/h5-6,9,11,13-17H,3-4,7-8,10,12H2,1-2H3,(H,31,32). The van der Waals surface area contributed by atoms with Crippen LogP contribution in [0.5, 0.6) is 0 Å². The van der Waals surface area contributed by atoms with Crippen molar-refractivity contribution in [2.24, 2.45) is 0 Å². The molecule has 1 aliphatic rings. The predicted octanol–water partition coefficient (Wildman–Crippen LogP) is 6.83. The zero-order valence-electron chi connectivity index (χ0n) is 20.0. The fraction of sp³-hybridized carbons (Fsp3) is 0.276. The van der Waals surface area contributed by atoms with Gasteiger partial charge in [0, 0.05) is 15.8 Å². The monoisotopic (exact) mass is 484 g/mol. The summed E-state index contributed by atoms with van der Waals surface area (Å²) in [4.78, 5) is 32.4. The number of fused-ring (bicyclic) bond motifs is 2. The van der Waals surface area contributed by atoms with Gasteiger partial charge in [-0.05, 0) is 55.9 Å². The molecule has 1 amide bonds. The van der Waals surface area contributed by atoms with Crippen molar-refractivity contribution in [1.82, 2.24) is 4.98 Å². The number of pyridine rings is 1. The van der Waals surface area contributed by atoms with E-state index in [1.807, 2.05) is 30.3 Å². The summed E-state index contributed by atoms with van der Waals surface area (Å²) in [7, 11) is 0. The molecule has 1 N–H and O–H groups in total. The number of benzene rings is 2. The number of aromatic nitrogens is 1. The van der Waals surface area contributed by atoms with Gasteiger partial charge < -0.3 is 10.1 Å². The lowest BCUT2D eigenvalue weighted by atomic mass is 10.0. The van der Waals surface area contributed by atoms with Crippen molar-refractivity contribution in [2.75, 3.05) is 11.9 Å². The van der Waals surface area contributed by atoms with Gasteiger partial charge in [0.25, 0.3) is 5.91 Å². The van der Waals surface area contributed by atoms with Gasteiger partial charge in [-0.25, -0.2) is 9.78 Å². The van der Waals surface area contributed by atoms with Crippen molar-refractivity contribution in [3.05, 3.63) is 81.7 Å². The first-order chi connectivity index (χ1) is 17.1. The summed E-state index contributed by atoms with van der Waals surface area (Å²) in [6, 6.07) is 17.9. The van der Waals surface area contributed by atoms with Crippen LogP contribution in [0.15, 0.2) is 54.6 Å². The molecule has 2 heterocycles. The normalized spacial score (nSPS) is 12.5. The maximum absolute atomic E-state index is 13.6. The van der Waals surface area contributed by atoms with E-state index in [1.54, 1.807) is 6.92 Å². The van der Waals surface area contributed by atoms with Crippen LogP contribution in [0.3, 0.4) is 0 Å². The van der Waals surface area contributed by atoms with Crippen molar-refractivity contribution >= 4 is 39.1 Å². The van der Waals surface area contributed by atoms with Crippen molar-refractivity contribution in [3.63, 3.8) is 0 Å². The summed E-state index contributed by atoms with van der Waals surface area (Å²) in [6.07, 6.45) is 4.92. The molecule has 0 fully saturated rings. The van der Waals surface area contributed by atoms with Crippen LogP contribution < -0.4 is 5.32 Å². The van der Waals surface area contributed by atoms with Crippen LogP contribution in [0.1, 0.15) is 63.4 Å². The molecule has 1 aliphatic carbocycles. The van der Waals surface area contributed by atoms with Gasteiger partial charge >= 0.3 is 5.97 Å². The van der Waals surface area contributed by atoms with Crippen LogP contribution >= 0.6 is 11.3 Å². The molecule has 2 aromatic heterocycles. The van der Waals surface area contributed by atoms with E-state index in [-0.39, 0.29) is 11.9 Å². The summed E-state index contributed by atoms with van der Waals surface area (Å²) in [5, 5.41) is 4.39. The van der Waals surface area contributed by atoms with E-state index in [9.17, 15) is 9.59 Å². The van der Waals surface area contributed by atoms with Gasteiger partial charge in [-0.15, -0.1) is 11.3 Å². The van der Waals surface area contributed by atoms with Gasteiger partial charge in [0.1, 0.15) is 5.00 Å². The van der Waals surface area contributed by atoms with E-state index in [0.29, 0.717) is 22.7 Å². The van der Waals surface area contributed by atoms with Crippen molar-refractivity contribution in [2.45, 2.75) is 46.0 Å². The third-order valence-electron chi connectivity index (χ3n) is 6.38. The Morgan fingerprint density at radius 3 is 2.63 bits per heavy atom. The minimum atomic E-state index is -0.366. The molecule has 178 valence electrons. The molecule has 5 rings (SSSR count). The summed E-state index contributed by atoms with van der Waals surface area (Å²) in [6.45, 7) is 4.26. The first-order valence-corrected chi connectivity index (χ1v) is 13.0. The molecule has 0 saturated heterocycles. The Balaban J connectivity index is 1.54. The number of carbonyl (C=O) groups is 2. The molecule has 0 radical (unpaired) electrons. The minimum Gasteiger partial charge on any atom is -0.462 e. The molecule has 5 nitrogen and oxygen atoms in total. The average Bonchev–Trinajstić information content (AvgIpc) is 3.45. The number of esters is 1. The van der Waals surface area contributed by atoms with Crippen molar-refractivity contribution < 1.29 is 14.3 Å². The molecular formula is C29H28N2O3S. The number of para-hydroxylation sites is 1. The number of nitrogens with one attached hydrogen (secondary N) is 1. The second-order valence-corrected chi connectivity index (χ2v) is 9.86. The van der Waals surface area contributed by atoms with Gasteiger partial charge in [-0.3, -0.25) is 4.79 Å². The lowest BCUT2D eigenvalue weighted by molar-refractivity contribution is 0.0527. The van der Waals surface area contributed by atoms with Gasteiger partial charge in [-0.2, -0.15) is 0 Å². The Hall–Kier alpha value is -3.51. The Morgan fingerprint density at radius 1 is 1.06 bits per heavy atom. The molecular weight excluding hydrogens is 456 g/mol. The van der Waals surface area contributed by atoms with Crippen LogP contribution in [-0.4, -0.2) is 23.5 Å². The summed E-state index contributed by atoms with van der Waals surface area (Å²) < 4.78 is 5.32. The Kier molecular flexibility index (Phi) is 6.64. The van der Waals surface area contributed by atoms with Crippen molar-refractivity contribution in [1.29, 1.82) is 0 Å². The number of rotatable bonds is 7. The van der Waals surface area contributed by atoms with Gasteiger partial charge in [-0.1, -0.05) is 55.8 Å². The molecule has 0 bridgehead atoms. The maximum atomic E-state index is 13.6. The molecule has 0 spiro atoms. The number of ether oxygens (including phenoxy) is 1. The Morgan fingerprint density at radius 2 is 1.86 bits per heavy atom. The SMILES string of the molecule is CCCc1ccc(-c2cc(C(=O)Nc3sc4c(c3C(=O)OCC)CCC4)c3ccccc3n2)cc1. The van der Waals surface area contributed by atoms with E-state index in [1.165, 1.54) is 16.9 Å². The minimum absolute atomic E-state index is 0.252. The number of amides is 1. The zero-order chi connectivity index (χ0) is 24.4. The topological polar surface area (TPSA) is 68.3 Å². The Bertz CT molecular complexity index is 1410. The molecule has 0 saturated carbocycles. The lowest BCUT2D eigenvalue weighted by Crippen LogP contribution is -2.16. The number of thiophene rings is 1. The van der Waals surface area contributed by atoms with Crippen LogP contribution in [0.2, 0.25) is 0 Å². The predicted molar refractivity (Wildman–Crippen MR) is 141 cm³/mol. The second-order valence-electron chi connectivity index (χ2n) is 8.76. The number of anilines is 1. The van der Waals surface area contributed by atoms with E-state index in [4.69, 9.17) is 9.72 Å². The molecule has 6 heteroatoms. The van der Waals surface area contributed by atoms with Gasteiger partial charge in [0.2, 0.25) is 0 Å². The van der Waals surface area contributed by atoms with Gasteiger partial charge in [0.15, 0.2) is 0 Å². The number of aryl methyl sites for hydroxylation is 2. The molecule has 4 aromatic rings. The molecule has 0 unspecified atom stereocenters. The molecule has 0 atom stereocenters. The number of hydrogen-bond acceptors (Lipinski definition) is 5. The summed E-state index contributed by atoms with van der Waals surface area (Å²) in [5.74, 6) is -0.618. The highest BCUT2D eigenvalue weighted by atomic mass is 32.1. The van der Waals surface area contributed by atoms with Crippen LogP contribution in [-0.2, 0) is 24.0 Å². The zero-order valence-corrected chi connectivity index (χ0v) is 20.8. The molecule has 0 aliphatic heterocycles. The van der Waals surface area contributed by atoms with E-state index in [2.05, 4.69) is 36.5 Å². The van der Waals surface area contributed by atoms with Crippen LogP contribution in [0.4, 0.5) is 5.00 Å². The van der Waals surface area contributed by atoms with Gasteiger partial charge in [0.05, 0.1) is 28.9 Å². The van der Waals surface area contributed by atoms with E-state index < -0.39 is 0 Å². The molecule has 35 heavy (non-hydrogen) atoms. The first-order valence-electron chi connectivity index (χ1n) is 12.2. The summed E-state index contributed by atoms with van der Waals surface area (Å²) in [5.41, 5.74) is 5.83. The highest BCUT2D eigenvalue weighted by molar-refractivity contribution is 7.17. The summed E-state index contributed by atoms with van der Waals surface area (Å²) >= 11 is 1.49. The quantitative estimate of drug-likeness (QED) is 0.292. The third kappa shape index (κ3) is 4.58. The van der Waals surface area contributed by atoms with Crippen molar-refractivity contribution in [3.8, 4) is 11.3 Å². The van der Waals surface area contributed by atoms with E-state index in [0.717, 1.165) is 64.7 Å². The highest BCUT2D eigenvalue weighted by Crippen LogP contribution is 2.40.